The molecule has 0 radical (unpaired) electrons. The van der Waals surface area contributed by atoms with Crippen molar-refractivity contribution in [1.82, 2.24) is 4.98 Å². The zero-order valence-electron chi connectivity index (χ0n) is 5.81. The molecule has 0 aromatic carbocycles. The van der Waals surface area contributed by atoms with Crippen LogP contribution in [-0.4, -0.2) is 11.7 Å². The van der Waals surface area contributed by atoms with Crippen LogP contribution in [0.2, 0.25) is 0 Å². The van der Waals surface area contributed by atoms with Crippen LogP contribution in [-0.2, 0) is 0 Å². The minimum atomic E-state index is 0. The highest BCUT2D eigenvalue weighted by Gasteiger charge is 2.08. The van der Waals surface area contributed by atoms with Crippen LogP contribution in [0.1, 0.15) is 6.99 Å². The van der Waals surface area contributed by atoms with Gasteiger partial charge < -0.3 is 10.6 Å². The van der Waals surface area contributed by atoms with Crippen molar-refractivity contribution in [3.8, 4) is 0 Å². The van der Waals surface area contributed by atoms with Gasteiger partial charge in [0.15, 0.2) is 5.82 Å². The monoisotopic (exact) mass is 137 g/mol. The van der Waals surface area contributed by atoms with Crippen molar-refractivity contribution in [3.05, 3.63) is 17.8 Å². The number of nitrogens with zero attached hydrogens (tertiary/aromatic N) is 1. The van der Waals surface area contributed by atoms with Crippen LogP contribution in [0.25, 0.3) is 0 Å². The van der Waals surface area contributed by atoms with Gasteiger partial charge in [-0.3, -0.25) is 0 Å². The van der Waals surface area contributed by atoms with E-state index in [1.54, 1.807) is 0 Å². The van der Waals surface area contributed by atoms with Crippen molar-refractivity contribution in [1.29, 1.82) is 0 Å². The second-order valence-corrected chi connectivity index (χ2v) is 2.44. The standard InChI is InChI=1S/C7H9N3.H2/c1-5-2-6-7(8-3-5)10-4-9-6;/h2-3,9H,4H2,1H3,(H,8,10);1H. The van der Waals surface area contributed by atoms with Gasteiger partial charge in [-0.2, -0.15) is 0 Å². The molecule has 2 rings (SSSR count). The van der Waals surface area contributed by atoms with Crippen LogP contribution >= 0.6 is 0 Å². The summed E-state index contributed by atoms with van der Waals surface area (Å²) in [5.74, 6) is 0.964. The van der Waals surface area contributed by atoms with Crippen LogP contribution in [0.3, 0.4) is 0 Å². The van der Waals surface area contributed by atoms with E-state index in [4.69, 9.17) is 0 Å². The Bertz CT molecular complexity index is 262. The first-order valence-corrected chi connectivity index (χ1v) is 3.30. The number of aryl methyl sites for hydroxylation is 1. The lowest BCUT2D eigenvalue weighted by molar-refractivity contribution is 1.25. The van der Waals surface area contributed by atoms with Gasteiger partial charge in [-0.15, -0.1) is 0 Å². The first-order valence-electron chi connectivity index (χ1n) is 3.30. The summed E-state index contributed by atoms with van der Waals surface area (Å²) in [7, 11) is 0. The fourth-order valence-electron chi connectivity index (χ4n) is 1.07. The molecule has 0 saturated heterocycles. The van der Waals surface area contributed by atoms with E-state index in [0.717, 1.165) is 18.2 Å². The molecule has 0 bridgehead atoms. The first-order chi connectivity index (χ1) is 4.86. The lowest BCUT2D eigenvalue weighted by Crippen LogP contribution is -1.99. The van der Waals surface area contributed by atoms with Crippen LogP contribution in [0, 0.1) is 6.92 Å². The summed E-state index contributed by atoms with van der Waals surface area (Å²) < 4.78 is 0. The third-order valence-electron chi connectivity index (χ3n) is 1.56. The fraction of sp³-hybridized carbons (Fsp3) is 0.286. The molecule has 3 nitrogen and oxygen atoms in total. The highest BCUT2D eigenvalue weighted by molar-refractivity contribution is 5.69. The normalized spacial score (nSPS) is 13.7. The van der Waals surface area contributed by atoms with Gasteiger partial charge in [0.2, 0.25) is 0 Å². The molecule has 1 aromatic heterocycles. The maximum atomic E-state index is 4.19. The highest BCUT2D eigenvalue weighted by atomic mass is 15.2. The zero-order chi connectivity index (χ0) is 6.97. The Hall–Kier alpha value is -1.25. The maximum Gasteiger partial charge on any atom is 0.150 e. The van der Waals surface area contributed by atoms with Crippen LogP contribution in [0.5, 0.6) is 0 Å². The topological polar surface area (TPSA) is 37.0 Å². The minimum Gasteiger partial charge on any atom is -0.365 e. The van der Waals surface area contributed by atoms with E-state index >= 15 is 0 Å². The Morgan fingerprint density at radius 2 is 2.50 bits per heavy atom. The summed E-state index contributed by atoms with van der Waals surface area (Å²) in [6.07, 6.45) is 1.86. The fourth-order valence-corrected chi connectivity index (χ4v) is 1.07. The van der Waals surface area contributed by atoms with Crippen molar-refractivity contribution in [2.45, 2.75) is 6.92 Å². The molecule has 0 atom stereocenters. The zero-order valence-corrected chi connectivity index (χ0v) is 5.81. The lowest BCUT2D eigenvalue weighted by Gasteiger charge is -1.96. The van der Waals surface area contributed by atoms with Crippen molar-refractivity contribution in [3.63, 3.8) is 0 Å². The summed E-state index contributed by atoms with van der Waals surface area (Å²) in [6.45, 7) is 2.83. The SMILES string of the molecule is Cc1cnc2c(c1)NCN2.[HH]. The molecule has 0 spiro atoms. The summed E-state index contributed by atoms with van der Waals surface area (Å²) >= 11 is 0. The van der Waals surface area contributed by atoms with Crippen molar-refractivity contribution < 1.29 is 1.43 Å². The molecule has 0 unspecified atom stereocenters. The highest BCUT2D eigenvalue weighted by Crippen LogP contribution is 2.23. The molecule has 2 heterocycles. The van der Waals surface area contributed by atoms with E-state index in [9.17, 15) is 0 Å². The van der Waals surface area contributed by atoms with Crippen LogP contribution < -0.4 is 10.6 Å². The number of nitrogens with one attached hydrogen (secondary N) is 2. The lowest BCUT2D eigenvalue weighted by atomic mass is 10.3. The van der Waals surface area contributed by atoms with Gasteiger partial charge >= 0.3 is 0 Å². The Balaban J connectivity index is 0.000000605. The summed E-state index contributed by atoms with van der Waals surface area (Å²) in [5, 5.41) is 6.27. The quantitative estimate of drug-likeness (QED) is 0.568. The number of rotatable bonds is 0. The number of hydrogen-bond acceptors (Lipinski definition) is 3. The molecular weight excluding hydrogens is 126 g/mol. The van der Waals surface area contributed by atoms with E-state index < -0.39 is 0 Å². The van der Waals surface area contributed by atoms with Gasteiger partial charge in [0.05, 0.1) is 12.4 Å². The predicted molar refractivity (Wildman–Crippen MR) is 43.2 cm³/mol. The van der Waals surface area contributed by atoms with Gasteiger partial charge in [0.1, 0.15) is 0 Å². The number of aromatic nitrogens is 1. The van der Waals surface area contributed by atoms with Gasteiger partial charge in [-0.05, 0) is 18.6 Å². The smallest absolute Gasteiger partial charge is 0.150 e. The second-order valence-electron chi connectivity index (χ2n) is 2.44. The van der Waals surface area contributed by atoms with Gasteiger partial charge in [0.25, 0.3) is 0 Å². The summed E-state index contributed by atoms with van der Waals surface area (Å²) in [5.41, 5.74) is 2.30. The predicted octanol–water partition coefficient (Wildman–Crippen LogP) is 1.43. The average Bonchev–Trinajstić information content (AvgIpc) is 2.33. The molecule has 3 heteroatoms. The van der Waals surface area contributed by atoms with Gasteiger partial charge in [-0.1, -0.05) is 0 Å². The third-order valence-corrected chi connectivity index (χ3v) is 1.56. The Labute approximate surface area is 61.0 Å². The first kappa shape index (κ1) is 5.53. The number of fused-ring (bicyclic) bond motifs is 1. The average molecular weight is 137 g/mol. The van der Waals surface area contributed by atoms with E-state index in [1.807, 2.05) is 13.1 Å². The molecule has 0 aliphatic carbocycles. The molecule has 0 saturated carbocycles. The third kappa shape index (κ3) is 0.708. The largest absolute Gasteiger partial charge is 0.365 e. The maximum absolute atomic E-state index is 4.19. The van der Waals surface area contributed by atoms with E-state index in [0.29, 0.717) is 0 Å². The molecular formula is C7H11N3. The molecule has 2 N–H and O–H groups in total. The number of hydrogen-bond donors (Lipinski definition) is 2. The Kier molecular flexibility index (Phi) is 1.03. The van der Waals surface area contributed by atoms with Gasteiger partial charge in [0, 0.05) is 7.62 Å². The molecule has 0 amide bonds. The van der Waals surface area contributed by atoms with Crippen molar-refractivity contribution in [2.75, 3.05) is 17.3 Å². The molecule has 54 valence electrons. The van der Waals surface area contributed by atoms with Crippen LogP contribution in [0.4, 0.5) is 11.5 Å². The summed E-state index contributed by atoms with van der Waals surface area (Å²) in [6, 6.07) is 2.09. The molecule has 10 heavy (non-hydrogen) atoms. The van der Waals surface area contributed by atoms with E-state index in [1.165, 1.54) is 5.56 Å². The van der Waals surface area contributed by atoms with Gasteiger partial charge in [-0.25, -0.2) is 4.98 Å². The molecule has 1 aromatic rings. The van der Waals surface area contributed by atoms with Crippen LogP contribution in [0.15, 0.2) is 12.3 Å². The molecule has 1 aliphatic heterocycles. The minimum absolute atomic E-state index is 0. The Morgan fingerprint density at radius 3 is 3.40 bits per heavy atom. The van der Waals surface area contributed by atoms with Crippen molar-refractivity contribution >= 4 is 11.5 Å². The van der Waals surface area contributed by atoms with E-state index in [2.05, 4.69) is 21.7 Å². The second kappa shape index (κ2) is 1.87. The molecule has 1 aliphatic rings. The van der Waals surface area contributed by atoms with E-state index in [-0.39, 0.29) is 1.43 Å². The Morgan fingerprint density at radius 1 is 1.60 bits per heavy atom. The van der Waals surface area contributed by atoms with Crippen molar-refractivity contribution in [2.24, 2.45) is 0 Å². The molecule has 0 fully saturated rings. The number of pyridine rings is 1. The summed E-state index contributed by atoms with van der Waals surface area (Å²) in [4.78, 5) is 4.19. The number of anilines is 2.